The van der Waals surface area contributed by atoms with Gasteiger partial charge in [0.2, 0.25) is 0 Å². The van der Waals surface area contributed by atoms with Gasteiger partial charge < -0.3 is 9.74 Å². The summed E-state index contributed by atoms with van der Waals surface area (Å²) in [5, 5.41) is 3.72. The van der Waals surface area contributed by atoms with E-state index in [9.17, 15) is 9.18 Å². The fourth-order valence-corrected chi connectivity index (χ4v) is 2.74. The average Bonchev–Trinajstić information content (AvgIpc) is 2.42. The maximum Gasteiger partial charge on any atom is 0.263 e. The molecule has 1 aromatic carbocycles. The van der Waals surface area contributed by atoms with E-state index in [1.807, 2.05) is 4.90 Å². The number of nitrogens with zero attached hydrogens (tertiary/aromatic N) is 2. The molecule has 1 aliphatic rings. The lowest BCUT2D eigenvalue weighted by molar-refractivity contribution is -0.138. The lowest BCUT2D eigenvalue weighted by atomic mass is 9.92. The number of likely N-dealkylation sites (tertiary alicyclic amines) is 1. The van der Waals surface area contributed by atoms with Crippen LogP contribution >= 0.6 is 0 Å². The quantitative estimate of drug-likeness (QED) is 0.632. The number of hydrogen-bond acceptors (Lipinski definition) is 3. The smallest absolute Gasteiger partial charge is 0.263 e. The normalized spacial score (nSPS) is 22.5. The highest BCUT2D eigenvalue weighted by atomic mass is 19.1. The number of hydrogen-bond donors (Lipinski definition) is 0. The third kappa shape index (κ3) is 4.85. The van der Waals surface area contributed by atoms with Gasteiger partial charge in [0, 0.05) is 13.1 Å². The van der Waals surface area contributed by atoms with E-state index >= 15 is 0 Å². The Morgan fingerprint density at radius 1 is 1.43 bits per heavy atom. The van der Waals surface area contributed by atoms with Crippen molar-refractivity contribution < 1.29 is 14.0 Å². The van der Waals surface area contributed by atoms with Crippen LogP contribution in [-0.2, 0) is 9.63 Å². The molecule has 21 heavy (non-hydrogen) atoms. The molecule has 1 aromatic rings. The lowest BCUT2D eigenvalue weighted by Gasteiger charge is -2.34. The van der Waals surface area contributed by atoms with Crippen LogP contribution in [0.2, 0.25) is 0 Å². The highest BCUT2D eigenvalue weighted by Gasteiger charge is 2.25. The Hall–Kier alpha value is -1.91. The molecular formula is C16H21FN2O2. The van der Waals surface area contributed by atoms with Gasteiger partial charge in [-0.3, -0.25) is 4.79 Å². The molecule has 1 fully saturated rings. The van der Waals surface area contributed by atoms with E-state index in [0.29, 0.717) is 17.4 Å². The number of carbonyl (C=O) groups excluding carboxylic acids is 1. The van der Waals surface area contributed by atoms with Crippen molar-refractivity contribution in [3.63, 3.8) is 0 Å². The molecule has 0 spiro atoms. The molecule has 1 heterocycles. The van der Waals surface area contributed by atoms with Crippen LogP contribution in [0.3, 0.4) is 0 Å². The maximum absolute atomic E-state index is 13.0. The van der Waals surface area contributed by atoms with Gasteiger partial charge in [-0.25, -0.2) is 4.39 Å². The van der Waals surface area contributed by atoms with E-state index < -0.39 is 0 Å². The molecule has 2 atom stereocenters. The van der Waals surface area contributed by atoms with Crippen molar-refractivity contribution >= 4 is 12.1 Å². The molecule has 4 nitrogen and oxygen atoms in total. The second-order valence-corrected chi connectivity index (χ2v) is 5.81. The summed E-state index contributed by atoms with van der Waals surface area (Å²) in [7, 11) is 0. The summed E-state index contributed by atoms with van der Waals surface area (Å²) in [6.07, 6.45) is 2.56. The van der Waals surface area contributed by atoms with Gasteiger partial charge in [0.05, 0.1) is 6.21 Å². The summed E-state index contributed by atoms with van der Waals surface area (Å²) in [5.41, 5.74) is 0.600. The summed E-state index contributed by atoms with van der Waals surface area (Å²) < 4.78 is 13.0. The average molecular weight is 292 g/mol. The van der Waals surface area contributed by atoms with Crippen LogP contribution in [0.5, 0.6) is 0 Å². The topological polar surface area (TPSA) is 41.9 Å². The molecule has 0 saturated carbocycles. The van der Waals surface area contributed by atoms with Crippen LogP contribution in [-0.4, -0.2) is 36.7 Å². The molecule has 1 saturated heterocycles. The number of carbonyl (C=O) groups is 1. The van der Waals surface area contributed by atoms with Crippen LogP contribution in [0.1, 0.15) is 25.8 Å². The molecule has 1 amide bonds. The highest BCUT2D eigenvalue weighted by molar-refractivity contribution is 5.79. The lowest BCUT2D eigenvalue weighted by Crippen LogP contribution is -2.44. The minimum absolute atomic E-state index is 0.0511. The van der Waals surface area contributed by atoms with Gasteiger partial charge in [-0.15, -0.1) is 0 Å². The summed E-state index contributed by atoms with van der Waals surface area (Å²) in [6.45, 7) is 5.78. The third-order valence-electron chi connectivity index (χ3n) is 3.53. The van der Waals surface area contributed by atoms with Crippen LogP contribution in [0.4, 0.5) is 4.39 Å². The number of benzene rings is 1. The second-order valence-electron chi connectivity index (χ2n) is 5.81. The van der Waals surface area contributed by atoms with Crippen molar-refractivity contribution in [2.45, 2.75) is 20.3 Å². The van der Waals surface area contributed by atoms with Crippen LogP contribution < -0.4 is 0 Å². The predicted molar refractivity (Wildman–Crippen MR) is 79.5 cm³/mol. The second kappa shape index (κ2) is 7.20. The molecule has 114 valence electrons. The SMILES string of the molecule is CC1CC(C)CN(C(=O)CO/N=C/c2cccc(F)c2)C1. The zero-order chi connectivity index (χ0) is 15.2. The fourth-order valence-electron chi connectivity index (χ4n) is 2.74. The zero-order valence-electron chi connectivity index (χ0n) is 12.5. The van der Waals surface area contributed by atoms with Gasteiger partial charge in [-0.05, 0) is 36.0 Å². The first-order valence-electron chi connectivity index (χ1n) is 7.23. The summed E-state index contributed by atoms with van der Waals surface area (Å²) in [4.78, 5) is 18.9. The van der Waals surface area contributed by atoms with Crippen LogP contribution in [0, 0.1) is 17.7 Å². The standard InChI is InChI=1S/C16H21FN2O2/c1-12-6-13(2)10-19(9-12)16(20)11-21-18-8-14-4-3-5-15(17)7-14/h3-5,7-8,12-13H,6,9-11H2,1-2H3/b18-8+. The van der Waals surface area contributed by atoms with E-state index in [-0.39, 0.29) is 18.3 Å². The first-order chi connectivity index (χ1) is 10.0. The number of amides is 1. The van der Waals surface area contributed by atoms with E-state index in [1.54, 1.807) is 12.1 Å². The monoisotopic (exact) mass is 292 g/mol. The highest BCUT2D eigenvalue weighted by Crippen LogP contribution is 2.20. The Bertz CT molecular complexity index is 509. The van der Waals surface area contributed by atoms with Gasteiger partial charge >= 0.3 is 0 Å². The number of piperidine rings is 1. The molecule has 2 rings (SSSR count). The van der Waals surface area contributed by atoms with Crippen molar-refractivity contribution in [3.8, 4) is 0 Å². The molecule has 1 aliphatic heterocycles. The van der Waals surface area contributed by atoms with Crippen LogP contribution in [0.15, 0.2) is 29.4 Å². The third-order valence-corrected chi connectivity index (χ3v) is 3.53. The Morgan fingerprint density at radius 3 is 2.81 bits per heavy atom. The molecular weight excluding hydrogens is 271 g/mol. The van der Waals surface area contributed by atoms with E-state index in [2.05, 4.69) is 19.0 Å². The molecule has 0 N–H and O–H groups in total. The van der Waals surface area contributed by atoms with E-state index in [4.69, 9.17) is 4.84 Å². The van der Waals surface area contributed by atoms with Crippen LogP contribution in [0.25, 0.3) is 0 Å². The summed E-state index contributed by atoms with van der Waals surface area (Å²) in [5.74, 6) is 0.665. The summed E-state index contributed by atoms with van der Waals surface area (Å²) in [6, 6.07) is 6.02. The minimum Gasteiger partial charge on any atom is -0.386 e. The number of oxime groups is 1. The molecule has 0 radical (unpaired) electrons. The van der Waals surface area contributed by atoms with Crippen molar-refractivity contribution in [2.24, 2.45) is 17.0 Å². The first-order valence-corrected chi connectivity index (χ1v) is 7.23. The van der Waals surface area contributed by atoms with Crippen molar-refractivity contribution in [2.75, 3.05) is 19.7 Å². The van der Waals surface area contributed by atoms with Crippen molar-refractivity contribution in [1.82, 2.24) is 4.90 Å². The van der Waals surface area contributed by atoms with Crippen molar-refractivity contribution in [3.05, 3.63) is 35.6 Å². The summed E-state index contributed by atoms with van der Waals surface area (Å²) >= 11 is 0. The predicted octanol–water partition coefficient (Wildman–Crippen LogP) is 2.68. The molecule has 0 bridgehead atoms. The Balaban J connectivity index is 1.79. The van der Waals surface area contributed by atoms with Gasteiger partial charge in [0.1, 0.15) is 5.82 Å². The van der Waals surface area contributed by atoms with E-state index in [0.717, 1.165) is 19.5 Å². The van der Waals surface area contributed by atoms with Gasteiger partial charge in [0.15, 0.2) is 6.61 Å². The molecule has 5 heteroatoms. The largest absolute Gasteiger partial charge is 0.386 e. The first kappa shape index (κ1) is 15.5. The number of rotatable bonds is 4. The molecule has 0 aliphatic carbocycles. The Labute approximate surface area is 124 Å². The van der Waals surface area contributed by atoms with Gasteiger partial charge in [-0.1, -0.05) is 31.1 Å². The van der Waals surface area contributed by atoms with Gasteiger partial charge in [-0.2, -0.15) is 0 Å². The number of halogens is 1. The minimum atomic E-state index is -0.327. The molecule has 0 aromatic heterocycles. The van der Waals surface area contributed by atoms with Gasteiger partial charge in [0.25, 0.3) is 5.91 Å². The Kier molecular flexibility index (Phi) is 5.31. The molecule has 2 unspecified atom stereocenters. The zero-order valence-corrected chi connectivity index (χ0v) is 12.5. The van der Waals surface area contributed by atoms with Crippen molar-refractivity contribution in [1.29, 1.82) is 0 Å². The fraction of sp³-hybridized carbons (Fsp3) is 0.500. The Morgan fingerprint density at radius 2 is 2.14 bits per heavy atom. The maximum atomic E-state index is 13.0. The van der Waals surface area contributed by atoms with E-state index in [1.165, 1.54) is 18.3 Å².